The third-order valence-electron chi connectivity index (χ3n) is 6.07. The number of allylic oxidation sites excluding steroid dienone is 1. The van der Waals surface area contributed by atoms with Crippen LogP contribution in [0.15, 0.2) is 18.4 Å². The zero-order valence-corrected chi connectivity index (χ0v) is 17.0. The molecule has 27 heavy (non-hydrogen) atoms. The number of hydrogen-bond donors (Lipinski definition) is 1. The summed E-state index contributed by atoms with van der Waals surface area (Å²) in [4.78, 5) is 13.0. The Balaban J connectivity index is 2.18. The predicted molar refractivity (Wildman–Crippen MR) is 103 cm³/mol. The first-order chi connectivity index (χ1) is 12.7. The van der Waals surface area contributed by atoms with Crippen LogP contribution in [-0.4, -0.2) is 23.8 Å². The van der Waals surface area contributed by atoms with Crippen molar-refractivity contribution in [2.75, 3.05) is 7.11 Å². The van der Waals surface area contributed by atoms with Gasteiger partial charge in [-0.25, -0.2) is 0 Å². The first-order valence-corrected chi connectivity index (χ1v) is 9.75. The fraction of sp³-hybridized carbons (Fsp3) is 0.591. The van der Waals surface area contributed by atoms with E-state index in [4.69, 9.17) is 14.2 Å². The first kappa shape index (κ1) is 19.6. The van der Waals surface area contributed by atoms with Gasteiger partial charge in [-0.3, -0.25) is 4.79 Å². The number of carbonyl (C=O) groups excluding carboxylic acids is 1. The number of fused-ring (bicyclic) bond motifs is 3. The zero-order valence-electron chi connectivity index (χ0n) is 17.0. The molecule has 1 unspecified atom stereocenters. The lowest BCUT2D eigenvalue weighted by molar-refractivity contribution is -0.131. The number of Topliss-reactive ketones (excluding diaryl/α,β-unsaturated/α-hetero) is 1. The van der Waals surface area contributed by atoms with E-state index in [0.717, 1.165) is 12.0 Å². The third-order valence-corrected chi connectivity index (χ3v) is 6.07. The number of aromatic hydroxyl groups is 1. The van der Waals surface area contributed by atoms with Crippen LogP contribution in [-0.2, 0) is 4.74 Å². The number of ether oxygens (including phenoxy) is 3. The molecule has 0 bridgehead atoms. The van der Waals surface area contributed by atoms with E-state index in [2.05, 4.69) is 19.9 Å². The van der Waals surface area contributed by atoms with Crippen molar-refractivity contribution in [1.29, 1.82) is 0 Å². The maximum absolute atomic E-state index is 13.0. The number of phenols is 1. The zero-order chi connectivity index (χ0) is 19.9. The van der Waals surface area contributed by atoms with Crippen LogP contribution >= 0.6 is 0 Å². The molecule has 3 rings (SSSR count). The maximum atomic E-state index is 13.0. The minimum absolute atomic E-state index is 0.103. The SMILES string of the molecule is CCC(C)C(=O)c1c(O)cc(OC)c2c1O[C@@]1(C)OC=C[C@@H](C(C)C)C[C@@H]21. The largest absolute Gasteiger partial charge is 0.507 e. The molecule has 5 nitrogen and oxygen atoms in total. The predicted octanol–water partition coefficient (Wildman–Crippen LogP) is 5.03. The molecule has 148 valence electrons. The second kappa shape index (κ2) is 7.10. The summed E-state index contributed by atoms with van der Waals surface area (Å²) in [5.41, 5.74) is 1.06. The number of rotatable bonds is 5. The van der Waals surface area contributed by atoms with Crippen molar-refractivity contribution in [3.8, 4) is 17.2 Å². The first-order valence-electron chi connectivity index (χ1n) is 9.75. The van der Waals surface area contributed by atoms with Gasteiger partial charge >= 0.3 is 0 Å². The van der Waals surface area contributed by atoms with E-state index in [0.29, 0.717) is 29.8 Å². The standard InChI is InChI=1S/C22H30O5/c1-7-13(4)20(24)19-16(23)11-17(25-6)18-15-10-14(12(2)3)8-9-26-22(15,5)27-21(18)19/h8-9,11-15,23H,7,10H2,1-6H3/t13?,14-,15+,22-/m1/s1. The number of phenolic OH excluding ortho intramolecular Hbond substituents is 1. The molecule has 0 fully saturated rings. The molecular formula is C22H30O5. The van der Waals surface area contributed by atoms with Crippen LogP contribution in [0.1, 0.15) is 69.3 Å². The topological polar surface area (TPSA) is 65.0 Å². The lowest BCUT2D eigenvalue weighted by atomic mass is 9.80. The van der Waals surface area contributed by atoms with Crippen LogP contribution in [0.3, 0.4) is 0 Å². The van der Waals surface area contributed by atoms with Crippen LogP contribution in [0.4, 0.5) is 0 Å². The molecule has 1 aromatic carbocycles. The van der Waals surface area contributed by atoms with Gasteiger partial charge in [0.05, 0.1) is 19.3 Å². The summed E-state index contributed by atoms with van der Waals surface area (Å²) in [5.74, 6) is 0.227. The molecule has 0 radical (unpaired) electrons. The number of ketones is 1. The summed E-state index contributed by atoms with van der Waals surface area (Å²) >= 11 is 0. The molecule has 0 saturated carbocycles. The van der Waals surface area contributed by atoms with Crippen molar-refractivity contribution < 1.29 is 24.1 Å². The molecule has 0 amide bonds. The molecule has 5 heteroatoms. The van der Waals surface area contributed by atoms with Crippen LogP contribution < -0.4 is 9.47 Å². The van der Waals surface area contributed by atoms with E-state index >= 15 is 0 Å². The average molecular weight is 374 g/mol. The van der Waals surface area contributed by atoms with E-state index in [1.165, 1.54) is 6.07 Å². The number of hydrogen-bond acceptors (Lipinski definition) is 5. The molecule has 1 aromatic rings. The van der Waals surface area contributed by atoms with Crippen LogP contribution in [0.2, 0.25) is 0 Å². The van der Waals surface area contributed by atoms with E-state index < -0.39 is 5.79 Å². The fourth-order valence-electron chi connectivity index (χ4n) is 4.01. The number of carbonyl (C=O) groups is 1. The summed E-state index contributed by atoms with van der Waals surface area (Å²) in [5, 5.41) is 10.6. The van der Waals surface area contributed by atoms with E-state index in [1.54, 1.807) is 13.4 Å². The Labute approximate surface area is 161 Å². The molecule has 0 spiro atoms. The monoisotopic (exact) mass is 374 g/mol. The lowest BCUT2D eigenvalue weighted by Crippen LogP contribution is -2.36. The molecular weight excluding hydrogens is 344 g/mol. The van der Waals surface area contributed by atoms with Gasteiger partial charge in [0.1, 0.15) is 22.8 Å². The Morgan fingerprint density at radius 3 is 2.70 bits per heavy atom. The minimum atomic E-state index is -0.936. The van der Waals surface area contributed by atoms with E-state index in [1.807, 2.05) is 20.8 Å². The Morgan fingerprint density at radius 2 is 2.11 bits per heavy atom. The molecule has 0 saturated heterocycles. The second-order valence-electron chi connectivity index (χ2n) is 8.15. The number of methoxy groups -OCH3 is 1. The van der Waals surface area contributed by atoms with Crippen molar-refractivity contribution in [3.63, 3.8) is 0 Å². The highest BCUT2D eigenvalue weighted by Gasteiger charge is 2.52. The summed E-state index contributed by atoms with van der Waals surface area (Å²) in [6.45, 7) is 10.1. The van der Waals surface area contributed by atoms with Crippen molar-refractivity contribution in [3.05, 3.63) is 29.5 Å². The Morgan fingerprint density at radius 1 is 1.41 bits per heavy atom. The highest BCUT2D eigenvalue weighted by molar-refractivity contribution is 6.03. The van der Waals surface area contributed by atoms with Crippen molar-refractivity contribution in [2.24, 2.45) is 17.8 Å². The van der Waals surface area contributed by atoms with Gasteiger partial charge < -0.3 is 19.3 Å². The lowest BCUT2D eigenvalue weighted by Gasteiger charge is -2.29. The molecule has 0 aliphatic carbocycles. The summed E-state index contributed by atoms with van der Waals surface area (Å²) < 4.78 is 17.8. The third kappa shape index (κ3) is 3.17. The van der Waals surface area contributed by atoms with Crippen LogP contribution in [0, 0.1) is 17.8 Å². The van der Waals surface area contributed by atoms with Gasteiger partial charge in [0.2, 0.25) is 0 Å². The summed E-state index contributed by atoms with van der Waals surface area (Å²) in [6.07, 6.45) is 5.29. The maximum Gasteiger partial charge on any atom is 0.254 e. The van der Waals surface area contributed by atoms with E-state index in [9.17, 15) is 9.90 Å². The normalized spacial score (nSPS) is 27.2. The van der Waals surface area contributed by atoms with Crippen LogP contribution in [0.25, 0.3) is 0 Å². The van der Waals surface area contributed by atoms with Gasteiger partial charge in [0.25, 0.3) is 5.79 Å². The Kier molecular flexibility index (Phi) is 5.15. The summed E-state index contributed by atoms with van der Waals surface area (Å²) in [6, 6.07) is 1.53. The molecule has 2 aliphatic rings. The smallest absolute Gasteiger partial charge is 0.254 e. The average Bonchev–Trinajstić information content (AvgIpc) is 2.79. The van der Waals surface area contributed by atoms with Crippen molar-refractivity contribution in [2.45, 2.75) is 59.2 Å². The minimum Gasteiger partial charge on any atom is -0.507 e. The van der Waals surface area contributed by atoms with Gasteiger partial charge in [-0.2, -0.15) is 0 Å². The summed E-state index contributed by atoms with van der Waals surface area (Å²) in [7, 11) is 1.57. The van der Waals surface area contributed by atoms with Gasteiger partial charge in [-0.15, -0.1) is 0 Å². The van der Waals surface area contributed by atoms with Crippen molar-refractivity contribution in [1.82, 2.24) is 0 Å². The van der Waals surface area contributed by atoms with Crippen LogP contribution in [0.5, 0.6) is 17.2 Å². The number of benzene rings is 1. The second-order valence-corrected chi connectivity index (χ2v) is 8.15. The highest BCUT2D eigenvalue weighted by atomic mass is 16.7. The van der Waals surface area contributed by atoms with E-state index in [-0.39, 0.29) is 28.9 Å². The molecule has 2 heterocycles. The molecule has 4 atom stereocenters. The quantitative estimate of drug-likeness (QED) is 0.733. The van der Waals surface area contributed by atoms with Gasteiger partial charge in [0.15, 0.2) is 5.78 Å². The molecule has 2 aliphatic heterocycles. The molecule has 1 N–H and O–H groups in total. The Bertz CT molecular complexity index is 766. The fourth-order valence-corrected chi connectivity index (χ4v) is 4.01. The Hall–Kier alpha value is -2.17. The van der Waals surface area contributed by atoms with Gasteiger partial charge in [0, 0.05) is 24.5 Å². The van der Waals surface area contributed by atoms with Gasteiger partial charge in [-0.1, -0.05) is 27.7 Å². The van der Waals surface area contributed by atoms with Gasteiger partial charge in [-0.05, 0) is 30.8 Å². The molecule has 0 aromatic heterocycles. The highest BCUT2D eigenvalue weighted by Crippen LogP contribution is 2.57. The van der Waals surface area contributed by atoms with Crippen molar-refractivity contribution >= 4 is 5.78 Å².